The van der Waals surface area contributed by atoms with Crippen LogP contribution in [0.4, 0.5) is 0 Å². The van der Waals surface area contributed by atoms with Gasteiger partial charge in [-0.2, -0.15) is 0 Å². The van der Waals surface area contributed by atoms with Crippen molar-refractivity contribution >= 4 is 11.8 Å². The number of rotatable bonds is 3. The van der Waals surface area contributed by atoms with Crippen molar-refractivity contribution in [3.05, 3.63) is 34.9 Å². The first-order valence-electron chi connectivity index (χ1n) is 8.30. The second-order valence-electron chi connectivity index (χ2n) is 7.11. The highest BCUT2D eigenvalue weighted by atomic mass is 16.3. The fourth-order valence-electron chi connectivity index (χ4n) is 3.51. The van der Waals surface area contributed by atoms with E-state index in [2.05, 4.69) is 10.6 Å². The largest absolute Gasteiger partial charge is 0.373 e. The number of hydrogen-bond donors (Lipinski definition) is 3. The number of aliphatic hydroxyl groups excluding tert-OH is 1. The molecule has 1 unspecified atom stereocenters. The fourth-order valence-corrected chi connectivity index (χ4v) is 3.51. The second-order valence-corrected chi connectivity index (χ2v) is 7.11. The van der Waals surface area contributed by atoms with Crippen LogP contribution in [-0.4, -0.2) is 29.7 Å². The Morgan fingerprint density at radius 1 is 1.30 bits per heavy atom. The number of carbonyl (C=O) groups is 2. The zero-order valence-corrected chi connectivity index (χ0v) is 13.7. The summed E-state index contributed by atoms with van der Waals surface area (Å²) in [5.74, 6) is -0.116. The Morgan fingerprint density at radius 3 is 2.74 bits per heavy atom. The third-order valence-corrected chi connectivity index (χ3v) is 5.15. The highest BCUT2D eigenvalue weighted by Gasteiger charge is 2.44. The molecule has 1 aromatic carbocycles. The van der Waals surface area contributed by atoms with Gasteiger partial charge in [-0.25, -0.2) is 0 Å². The molecule has 1 heterocycles. The van der Waals surface area contributed by atoms with Gasteiger partial charge >= 0.3 is 0 Å². The van der Waals surface area contributed by atoms with Gasteiger partial charge in [0.05, 0.1) is 5.41 Å². The molecule has 1 saturated heterocycles. The molecule has 3 rings (SSSR count). The van der Waals surface area contributed by atoms with E-state index in [0.717, 1.165) is 43.4 Å². The van der Waals surface area contributed by atoms with Gasteiger partial charge in [0, 0.05) is 12.1 Å². The molecule has 0 bridgehead atoms. The number of hydrogen-bond acceptors (Lipinski definition) is 3. The number of benzene rings is 1. The molecule has 1 aliphatic heterocycles. The smallest absolute Gasteiger partial charge is 0.253 e. The Hall–Kier alpha value is -1.88. The maximum absolute atomic E-state index is 12.2. The van der Waals surface area contributed by atoms with Crippen LogP contribution in [0.1, 0.15) is 48.2 Å². The summed E-state index contributed by atoms with van der Waals surface area (Å²) in [6.07, 6.45) is 2.46. The lowest BCUT2D eigenvalue weighted by molar-refractivity contribution is -0.128. The van der Waals surface area contributed by atoms with Crippen molar-refractivity contribution in [3.63, 3.8) is 0 Å². The standard InChI is InChI=1S/C18H24N2O3/c1-11(2)15(21)20-16(22)13-3-4-14-10-18(6-5-12(14)9-13)7-8-19-17(18)23/h3-4,9,11,15,21H,5-8,10H2,1-2H3,(H,19,23)(H,20,22)/t15-,18?/m0/s1. The van der Waals surface area contributed by atoms with E-state index >= 15 is 0 Å². The van der Waals surface area contributed by atoms with Crippen molar-refractivity contribution in [1.82, 2.24) is 10.6 Å². The topological polar surface area (TPSA) is 78.4 Å². The highest BCUT2D eigenvalue weighted by molar-refractivity contribution is 5.94. The molecule has 0 saturated carbocycles. The van der Waals surface area contributed by atoms with Crippen LogP contribution in [0.15, 0.2) is 18.2 Å². The minimum atomic E-state index is -0.844. The number of fused-ring (bicyclic) bond motifs is 1. The SMILES string of the molecule is CC(C)[C@H](O)NC(=O)c1ccc2c(c1)CCC1(CCNC1=O)C2. The lowest BCUT2D eigenvalue weighted by Gasteiger charge is -2.32. The van der Waals surface area contributed by atoms with Gasteiger partial charge in [0.25, 0.3) is 5.91 Å². The Kier molecular flexibility index (Phi) is 4.15. The van der Waals surface area contributed by atoms with E-state index in [0.29, 0.717) is 5.56 Å². The van der Waals surface area contributed by atoms with E-state index in [-0.39, 0.29) is 23.1 Å². The van der Waals surface area contributed by atoms with Crippen LogP contribution < -0.4 is 10.6 Å². The molecule has 0 radical (unpaired) electrons. The van der Waals surface area contributed by atoms with Crippen LogP contribution in [0.25, 0.3) is 0 Å². The lowest BCUT2D eigenvalue weighted by atomic mass is 9.70. The first-order chi connectivity index (χ1) is 10.9. The third kappa shape index (κ3) is 2.98. The van der Waals surface area contributed by atoms with Gasteiger partial charge in [-0.15, -0.1) is 0 Å². The maximum atomic E-state index is 12.2. The molecule has 2 atom stereocenters. The number of aryl methyl sites for hydroxylation is 1. The van der Waals surface area contributed by atoms with Crippen molar-refractivity contribution < 1.29 is 14.7 Å². The molecule has 1 aliphatic carbocycles. The van der Waals surface area contributed by atoms with Crippen LogP contribution >= 0.6 is 0 Å². The highest BCUT2D eigenvalue weighted by Crippen LogP contribution is 2.41. The lowest BCUT2D eigenvalue weighted by Crippen LogP contribution is -2.38. The van der Waals surface area contributed by atoms with Gasteiger partial charge in [0.15, 0.2) is 0 Å². The van der Waals surface area contributed by atoms with Gasteiger partial charge in [-0.1, -0.05) is 19.9 Å². The molecule has 124 valence electrons. The first kappa shape index (κ1) is 16.0. The van der Waals surface area contributed by atoms with Crippen LogP contribution in [0.2, 0.25) is 0 Å². The molecule has 1 aromatic rings. The van der Waals surface area contributed by atoms with Crippen molar-refractivity contribution in [2.75, 3.05) is 6.54 Å². The Bertz CT molecular complexity index is 641. The summed E-state index contributed by atoms with van der Waals surface area (Å²) in [6.45, 7) is 4.47. The Morgan fingerprint density at radius 2 is 2.09 bits per heavy atom. The summed E-state index contributed by atoms with van der Waals surface area (Å²) in [7, 11) is 0. The summed E-state index contributed by atoms with van der Waals surface area (Å²) in [5.41, 5.74) is 2.62. The molecule has 5 heteroatoms. The summed E-state index contributed by atoms with van der Waals surface area (Å²) in [4.78, 5) is 24.3. The monoisotopic (exact) mass is 316 g/mol. The van der Waals surface area contributed by atoms with Crippen LogP contribution in [0, 0.1) is 11.3 Å². The summed E-state index contributed by atoms with van der Waals surface area (Å²) >= 11 is 0. The molecule has 23 heavy (non-hydrogen) atoms. The number of aliphatic hydroxyl groups is 1. The van der Waals surface area contributed by atoms with Gasteiger partial charge in [-0.3, -0.25) is 9.59 Å². The van der Waals surface area contributed by atoms with E-state index in [1.807, 2.05) is 26.0 Å². The Labute approximate surface area is 136 Å². The molecule has 1 spiro atoms. The average Bonchev–Trinajstić information content (AvgIpc) is 2.87. The van der Waals surface area contributed by atoms with Crippen LogP contribution in [0.3, 0.4) is 0 Å². The quantitative estimate of drug-likeness (QED) is 0.737. The van der Waals surface area contributed by atoms with Gasteiger partial charge in [-0.05, 0) is 54.9 Å². The molecule has 0 aromatic heterocycles. The minimum absolute atomic E-state index is 0.0303. The predicted octanol–water partition coefficient (Wildman–Crippen LogP) is 1.39. The molecule has 3 N–H and O–H groups in total. The molecule has 1 fully saturated rings. The van der Waals surface area contributed by atoms with Gasteiger partial charge in [0.1, 0.15) is 6.23 Å². The summed E-state index contributed by atoms with van der Waals surface area (Å²) in [5, 5.41) is 15.3. The third-order valence-electron chi connectivity index (χ3n) is 5.15. The second kappa shape index (κ2) is 5.96. The van der Waals surface area contributed by atoms with Crippen LogP contribution in [0.5, 0.6) is 0 Å². The Balaban J connectivity index is 1.77. The molecule has 2 amide bonds. The molecule has 5 nitrogen and oxygen atoms in total. The molecular weight excluding hydrogens is 292 g/mol. The van der Waals surface area contributed by atoms with Crippen LogP contribution in [-0.2, 0) is 17.6 Å². The van der Waals surface area contributed by atoms with Gasteiger partial charge in [0.2, 0.25) is 5.91 Å². The summed E-state index contributed by atoms with van der Waals surface area (Å²) in [6, 6.07) is 5.64. The molecule has 2 aliphatic rings. The maximum Gasteiger partial charge on any atom is 0.253 e. The number of amides is 2. The number of nitrogens with one attached hydrogen (secondary N) is 2. The van der Waals surface area contributed by atoms with Crippen molar-refractivity contribution in [2.45, 2.75) is 45.8 Å². The van der Waals surface area contributed by atoms with E-state index in [9.17, 15) is 14.7 Å². The molecular formula is C18H24N2O3. The fraction of sp³-hybridized carbons (Fsp3) is 0.556. The van der Waals surface area contributed by atoms with Gasteiger partial charge < -0.3 is 15.7 Å². The minimum Gasteiger partial charge on any atom is -0.373 e. The van der Waals surface area contributed by atoms with E-state index in [1.165, 1.54) is 0 Å². The van der Waals surface area contributed by atoms with E-state index in [1.54, 1.807) is 6.07 Å². The van der Waals surface area contributed by atoms with E-state index in [4.69, 9.17) is 0 Å². The van der Waals surface area contributed by atoms with E-state index < -0.39 is 6.23 Å². The predicted molar refractivity (Wildman–Crippen MR) is 86.8 cm³/mol. The normalized spacial score (nSPS) is 24.4. The van der Waals surface area contributed by atoms with Crippen molar-refractivity contribution in [2.24, 2.45) is 11.3 Å². The van der Waals surface area contributed by atoms with Crippen molar-refractivity contribution in [3.8, 4) is 0 Å². The summed E-state index contributed by atoms with van der Waals surface area (Å²) < 4.78 is 0. The number of carbonyl (C=O) groups excluding carboxylic acids is 2. The first-order valence-corrected chi connectivity index (χ1v) is 8.30. The average molecular weight is 316 g/mol. The zero-order chi connectivity index (χ0) is 16.6. The zero-order valence-electron chi connectivity index (χ0n) is 13.7. The van der Waals surface area contributed by atoms with Crippen molar-refractivity contribution in [1.29, 1.82) is 0 Å².